The molecule has 2 aromatic rings. The minimum atomic E-state index is -0.254. The van der Waals surface area contributed by atoms with Crippen LogP contribution in [0.5, 0.6) is 0 Å². The Balaban J connectivity index is 1.84. The second-order valence-electron chi connectivity index (χ2n) is 6.92. The Labute approximate surface area is 153 Å². The van der Waals surface area contributed by atoms with Crippen molar-refractivity contribution in [3.05, 3.63) is 71.4 Å². The van der Waals surface area contributed by atoms with Gasteiger partial charge in [0, 0.05) is 30.4 Å². The van der Waals surface area contributed by atoms with Crippen molar-refractivity contribution in [1.82, 2.24) is 4.90 Å². The highest BCUT2D eigenvalue weighted by Gasteiger charge is 2.36. The summed E-state index contributed by atoms with van der Waals surface area (Å²) in [5.41, 5.74) is 3.48. The summed E-state index contributed by atoms with van der Waals surface area (Å²) in [4.78, 5) is 30.0. The predicted molar refractivity (Wildman–Crippen MR) is 103 cm³/mol. The van der Waals surface area contributed by atoms with Gasteiger partial charge in [-0.05, 0) is 43.9 Å². The number of carbonyl (C=O) groups excluding carboxylic acids is 2. The van der Waals surface area contributed by atoms with E-state index < -0.39 is 0 Å². The van der Waals surface area contributed by atoms with E-state index in [0.717, 1.165) is 37.1 Å². The maximum atomic E-state index is 13.3. The van der Waals surface area contributed by atoms with Gasteiger partial charge in [-0.1, -0.05) is 36.4 Å². The molecule has 0 radical (unpaired) electrons. The maximum Gasteiger partial charge on any atom is 0.267 e. The molecular weight excluding hydrogens is 324 g/mol. The molecule has 2 aliphatic heterocycles. The smallest absolute Gasteiger partial charge is 0.267 e. The molecule has 2 aromatic carbocycles. The first-order chi connectivity index (χ1) is 12.7. The number of fused-ring (bicyclic) bond motifs is 1. The first-order valence-corrected chi connectivity index (χ1v) is 9.16. The van der Waals surface area contributed by atoms with Crippen LogP contribution < -0.4 is 4.90 Å². The van der Waals surface area contributed by atoms with Crippen LogP contribution in [0.25, 0.3) is 5.57 Å². The van der Waals surface area contributed by atoms with Gasteiger partial charge in [-0.3, -0.25) is 9.59 Å². The fourth-order valence-corrected chi connectivity index (χ4v) is 3.74. The zero-order valence-corrected chi connectivity index (χ0v) is 14.9. The molecule has 0 atom stereocenters. The molecule has 26 heavy (non-hydrogen) atoms. The standard InChI is InChI=1S/C22H22N2O2/c1-16-9-3-6-12-20(16)24-21(25)18-11-5-4-10-17(18)19(22(24)26)15-23-13-7-2-8-14-23/h3-6,9-12,15H,2,7-8,13-14H2,1H3/b19-15+. The van der Waals surface area contributed by atoms with Crippen LogP contribution in [0, 0.1) is 6.92 Å². The van der Waals surface area contributed by atoms with E-state index in [1.807, 2.05) is 55.6 Å². The van der Waals surface area contributed by atoms with Crippen LogP contribution in [-0.4, -0.2) is 29.8 Å². The number of nitrogens with zero attached hydrogens (tertiary/aromatic N) is 2. The summed E-state index contributed by atoms with van der Waals surface area (Å²) >= 11 is 0. The highest BCUT2D eigenvalue weighted by Crippen LogP contribution is 2.34. The zero-order chi connectivity index (χ0) is 18.1. The number of hydrogen-bond donors (Lipinski definition) is 0. The number of likely N-dealkylation sites (tertiary alicyclic amines) is 1. The largest absolute Gasteiger partial charge is 0.377 e. The zero-order valence-electron chi connectivity index (χ0n) is 14.9. The first kappa shape index (κ1) is 16.6. The van der Waals surface area contributed by atoms with Crippen LogP contribution in [0.1, 0.15) is 40.7 Å². The first-order valence-electron chi connectivity index (χ1n) is 9.16. The van der Waals surface area contributed by atoms with Crippen LogP contribution in [-0.2, 0) is 4.79 Å². The monoisotopic (exact) mass is 346 g/mol. The number of benzene rings is 2. The van der Waals surface area contributed by atoms with Gasteiger partial charge in [0.15, 0.2) is 0 Å². The molecule has 2 amide bonds. The third kappa shape index (κ3) is 2.81. The molecule has 0 saturated carbocycles. The van der Waals surface area contributed by atoms with Gasteiger partial charge in [0.05, 0.1) is 11.3 Å². The molecule has 2 aliphatic rings. The number of imide groups is 1. The quantitative estimate of drug-likeness (QED) is 0.609. The lowest BCUT2D eigenvalue weighted by atomic mass is 9.93. The number of aryl methyl sites for hydroxylation is 1. The summed E-state index contributed by atoms with van der Waals surface area (Å²) in [7, 11) is 0. The van der Waals surface area contributed by atoms with Crippen LogP contribution in [0.15, 0.2) is 54.7 Å². The molecule has 0 aromatic heterocycles. The van der Waals surface area contributed by atoms with Gasteiger partial charge in [0.2, 0.25) is 0 Å². The predicted octanol–water partition coefficient (Wildman–Crippen LogP) is 4.01. The van der Waals surface area contributed by atoms with Gasteiger partial charge < -0.3 is 4.90 Å². The average Bonchev–Trinajstić information content (AvgIpc) is 2.67. The van der Waals surface area contributed by atoms with Crippen molar-refractivity contribution in [2.45, 2.75) is 26.2 Å². The van der Waals surface area contributed by atoms with E-state index in [0.29, 0.717) is 16.8 Å². The lowest BCUT2D eigenvalue weighted by Gasteiger charge is -2.32. The van der Waals surface area contributed by atoms with Gasteiger partial charge >= 0.3 is 0 Å². The number of hydrogen-bond acceptors (Lipinski definition) is 3. The lowest BCUT2D eigenvalue weighted by molar-refractivity contribution is -0.112. The number of piperidine rings is 1. The Morgan fingerprint density at radius 1 is 0.808 bits per heavy atom. The third-order valence-corrected chi connectivity index (χ3v) is 5.14. The van der Waals surface area contributed by atoms with Crippen molar-refractivity contribution in [3.63, 3.8) is 0 Å². The van der Waals surface area contributed by atoms with Crippen molar-refractivity contribution >= 4 is 23.1 Å². The SMILES string of the molecule is Cc1ccccc1N1C(=O)/C(=C/N2CCCCC2)c2ccccc2C1=O. The third-order valence-electron chi connectivity index (χ3n) is 5.14. The van der Waals surface area contributed by atoms with Crippen molar-refractivity contribution in [1.29, 1.82) is 0 Å². The van der Waals surface area contributed by atoms with Crippen LogP contribution in [0.4, 0.5) is 5.69 Å². The molecule has 2 heterocycles. The minimum Gasteiger partial charge on any atom is -0.377 e. The molecular formula is C22H22N2O2. The van der Waals surface area contributed by atoms with E-state index >= 15 is 0 Å². The van der Waals surface area contributed by atoms with E-state index in [-0.39, 0.29) is 11.8 Å². The molecule has 0 N–H and O–H groups in total. The summed E-state index contributed by atoms with van der Waals surface area (Å²) in [5, 5.41) is 0. The molecule has 1 fully saturated rings. The number of carbonyl (C=O) groups is 2. The summed E-state index contributed by atoms with van der Waals surface area (Å²) in [6.45, 7) is 3.83. The van der Waals surface area contributed by atoms with Crippen molar-refractivity contribution in [3.8, 4) is 0 Å². The Morgan fingerprint density at radius 3 is 2.19 bits per heavy atom. The molecule has 0 aliphatic carbocycles. The number of anilines is 1. The molecule has 132 valence electrons. The normalized spacial score (nSPS) is 19.0. The van der Waals surface area contributed by atoms with Crippen LogP contribution in [0.3, 0.4) is 0 Å². The van der Waals surface area contributed by atoms with Gasteiger partial charge in [-0.15, -0.1) is 0 Å². The number of rotatable bonds is 2. The highest BCUT2D eigenvalue weighted by atomic mass is 16.2. The fraction of sp³-hybridized carbons (Fsp3) is 0.273. The molecule has 0 unspecified atom stereocenters. The van der Waals surface area contributed by atoms with Crippen molar-refractivity contribution in [2.75, 3.05) is 18.0 Å². The van der Waals surface area contributed by atoms with Crippen molar-refractivity contribution in [2.24, 2.45) is 0 Å². The summed E-state index contributed by atoms with van der Waals surface area (Å²) < 4.78 is 0. The Hall–Kier alpha value is -2.88. The Morgan fingerprint density at radius 2 is 1.46 bits per heavy atom. The fourth-order valence-electron chi connectivity index (χ4n) is 3.74. The van der Waals surface area contributed by atoms with Gasteiger partial charge in [-0.25, -0.2) is 4.90 Å². The van der Waals surface area contributed by atoms with Crippen LogP contribution >= 0.6 is 0 Å². The number of amides is 2. The average molecular weight is 346 g/mol. The Bertz CT molecular complexity index is 895. The molecule has 0 bridgehead atoms. The van der Waals surface area contributed by atoms with Gasteiger partial charge in [-0.2, -0.15) is 0 Å². The lowest BCUT2D eigenvalue weighted by Crippen LogP contribution is -2.42. The topological polar surface area (TPSA) is 40.6 Å². The van der Waals surface area contributed by atoms with Gasteiger partial charge in [0.25, 0.3) is 11.8 Å². The van der Waals surface area contributed by atoms with E-state index in [1.165, 1.54) is 11.3 Å². The second kappa shape index (κ2) is 6.79. The summed E-state index contributed by atoms with van der Waals surface area (Å²) in [6, 6.07) is 14.9. The highest BCUT2D eigenvalue weighted by molar-refractivity contribution is 6.41. The molecule has 4 nitrogen and oxygen atoms in total. The molecule has 1 saturated heterocycles. The van der Waals surface area contributed by atoms with E-state index in [9.17, 15) is 9.59 Å². The Kier molecular flexibility index (Phi) is 4.33. The summed E-state index contributed by atoms with van der Waals surface area (Å²) in [5.74, 6) is -0.496. The van der Waals surface area contributed by atoms with E-state index in [2.05, 4.69) is 4.90 Å². The van der Waals surface area contributed by atoms with Gasteiger partial charge in [0.1, 0.15) is 0 Å². The van der Waals surface area contributed by atoms with E-state index in [4.69, 9.17) is 0 Å². The molecule has 0 spiro atoms. The molecule has 4 rings (SSSR count). The number of para-hydroxylation sites is 1. The van der Waals surface area contributed by atoms with E-state index in [1.54, 1.807) is 6.07 Å². The van der Waals surface area contributed by atoms with Crippen molar-refractivity contribution < 1.29 is 9.59 Å². The molecule has 4 heteroatoms. The minimum absolute atomic E-state index is 0.242. The second-order valence-corrected chi connectivity index (χ2v) is 6.92. The summed E-state index contributed by atoms with van der Waals surface area (Å²) in [6.07, 6.45) is 5.47. The maximum absolute atomic E-state index is 13.3. The van der Waals surface area contributed by atoms with Crippen LogP contribution in [0.2, 0.25) is 0 Å².